The Bertz CT molecular complexity index is 314. The van der Waals surface area contributed by atoms with Crippen molar-refractivity contribution in [3.05, 3.63) is 18.5 Å². The molecule has 1 aliphatic heterocycles. The van der Waals surface area contributed by atoms with Gasteiger partial charge in [-0.05, 0) is 31.2 Å². The summed E-state index contributed by atoms with van der Waals surface area (Å²) in [6, 6.07) is 2.65. The number of nitrogens with zero attached hydrogens (tertiary/aromatic N) is 3. The van der Waals surface area contributed by atoms with E-state index in [1.54, 1.807) is 0 Å². The minimum Gasteiger partial charge on any atom is -0.301 e. The molecular formula is C13H21N3. The molecule has 3 nitrogen and oxygen atoms in total. The fraction of sp³-hybridized carbons (Fsp3) is 0.769. The predicted molar refractivity (Wildman–Crippen MR) is 64.3 cm³/mol. The molecule has 1 saturated heterocycles. The molecule has 1 saturated carbocycles. The number of aromatic nitrogens is 2. The van der Waals surface area contributed by atoms with Crippen LogP contribution >= 0.6 is 0 Å². The van der Waals surface area contributed by atoms with E-state index < -0.39 is 0 Å². The first kappa shape index (κ1) is 10.3. The molecule has 0 radical (unpaired) electrons. The zero-order valence-electron chi connectivity index (χ0n) is 9.89. The van der Waals surface area contributed by atoms with Crippen LogP contribution in [0.4, 0.5) is 0 Å². The van der Waals surface area contributed by atoms with E-state index in [9.17, 15) is 0 Å². The molecule has 3 rings (SSSR count). The fourth-order valence-electron chi connectivity index (χ4n) is 3.25. The van der Waals surface area contributed by atoms with Crippen LogP contribution in [0.2, 0.25) is 0 Å². The van der Waals surface area contributed by atoms with Gasteiger partial charge in [-0.25, -0.2) is 0 Å². The molecule has 0 aromatic carbocycles. The standard InChI is InChI=1S/C13H21N3/c1-2-5-12(4-1)10-15-9-6-13(11-15)16-8-3-7-14-16/h3,7-8,12-13H,1-2,4-6,9-11H2. The molecule has 2 fully saturated rings. The fourth-order valence-corrected chi connectivity index (χ4v) is 3.25. The van der Waals surface area contributed by atoms with Crippen LogP contribution in [0.25, 0.3) is 0 Å². The van der Waals surface area contributed by atoms with Crippen LogP contribution in [0.1, 0.15) is 38.1 Å². The van der Waals surface area contributed by atoms with Gasteiger partial charge in [-0.1, -0.05) is 12.8 Å². The van der Waals surface area contributed by atoms with Crippen molar-refractivity contribution in [2.75, 3.05) is 19.6 Å². The van der Waals surface area contributed by atoms with E-state index in [2.05, 4.69) is 20.9 Å². The van der Waals surface area contributed by atoms with Gasteiger partial charge in [-0.2, -0.15) is 5.10 Å². The summed E-state index contributed by atoms with van der Waals surface area (Å²) in [6.45, 7) is 3.80. The Labute approximate surface area is 97.4 Å². The zero-order chi connectivity index (χ0) is 10.8. The van der Waals surface area contributed by atoms with E-state index >= 15 is 0 Å². The summed E-state index contributed by atoms with van der Waals surface area (Å²) >= 11 is 0. The van der Waals surface area contributed by atoms with Gasteiger partial charge in [0.2, 0.25) is 0 Å². The molecule has 16 heavy (non-hydrogen) atoms. The maximum Gasteiger partial charge on any atom is 0.0658 e. The molecule has 88 valence electrons. The molecule has 0 bridgehead atoms. The van der Waals surface area contributed by atoms with E-state index in [1.165, 1.54) is 51.7 Å². The first-order valence-corrected chi connectivity index (χ1v) is 6.63. The highest BCUT2D eigenvalue weighted by atomic mass is 15.3. The quantitative estimate of drug-likeness (QED) is 0.778. The Hall–Kier alpha value is -0.830. The van der Waals surface area contributed by atoms with Crippen molar-refractivity contribution in [2.24, 2.45) is 5.92 Å². The lowest BCUT2D eigenvalue weighted by atomic mass is 10.1. The number of likely N-dealkylation sites (tertiary alicyclic amines) is 1. The second-order valence-corrected chi connectivity index (χ2v) is 5.34. The van der Waals surface area contributed by atoms with Crippen molar-refractivity contribution in [1.29, 1.82) is 0 Å². The summed E-state index contributed by atoms with van der Waals surface area (Å²) in [4.78, 5) is 2.64. The van der Waals surface area contributed by atoms with Gasteiger partial charge in [0.1, 0.15) is 0 Å². The van der Waals surface area contributed by atoms with Crippen molar-refractivity contribution in [2.45, 2.75) is 38.1 Å². The zero-order valence-corrected chi connectivity index (χ0v) is 9.89. The topological polar surface area (TPSA) is 21.1 Å². The summed E-state index contributed by atoms with van der Waals surface area (Å²) in [5.74, 6) is 0.983. The minimum absolute atomic E-state index is 0.622. The first-order valence-electron chi connectivity index (χ1n) is 6.63. The van der Waals surface area contributed by atoms with Crippen molar-refractivity contribution in [1.82, 2.24) is 14.7 Å². The lowest BCUT2D eigenvalue weighted by Gasteiger charge is -2.20. The largest absolute Gasteiger partial charge is 0.301 e. The van der Waals surface area contributed by atoms with E-state index in [4.69, 9.17) is 0 Å². The van der Waals surface area contributed by atoms with E-state index in [0.717, 1.165) is 5.92 Å². The van der Waals surface area contributed by atoms with Crippen LogP contribution in [0, 0.1) is 5.92 Å². The van der Waals surface area contributed by atoms with Gasteiger partial charge in [0.25, 0.3) is 0 Å². The molecule has 0 amide bonds. The smallest absolute Gasteiger partial charge is 0.0658 e. The normalized spacial score (nSPS) is 27.9. The number of rotatable bonds is 3. The van der Waals surface area contributed by atoms with Crippen molar-refractivity contribution >= 4 is 0 Å². The van der Waals surface area contributed by atoms with Crippen molar-refractivity contribution < 1.29 is 0 Å². The Morgan fingerprint density at radius 2 is 2.06 bits per heavy atom. The summed E-state index contributed by atoms with van der Waals surface area (Å²) in [7, 11) is 0. The van der Waals surface area contributed by atoms with Crippen LogP contribution in [-0.4, -0.2) is 34.3 Å². The summed E-state index contributed by atoms with van der Waals surface area (Å²) < 4.78 is 2.13. The number of hydrogen-bond donors (Lipinski definition) is 0. The van der Waals surface area contributed by atoms with Gasteiger partial charge < -0.3 is 4.90 Å². The van der Waals surface area contributed by atoms with Crippen LogP contribution in [0.3, 0.4) is 0 Å². The molecule has 2 heterocycles. The molecule has 3 heteroatoms. The molecule has 1 unspecified atom stereocenters. The van der Waals surface area contributed by atoms with E-state index in [0.29, 0.717) is 6.04 Å². The molecule has 1 aliphatic carbocycles. The SMILES string of the molecule is c1cnn(C2CCN(CC3CCCC3)C2)c1. The number of hydrogen-bond acceptors (Lipinski definition) is 2. The molecule has 0 spiro atoms. The first-order chi connectivity index (χ1) is 7.92. The van der Waals surface area contributed by atoms with Gasteiger partial charge in [0.15, 0.2) is 0 Å². The Kier molecular flexibility index (Phi) is 2.96. The minimum atomic E-state index is 0.622. The van der Waals surface area contributed by atoms with Crippen LogP contribution < -0.4 is 0 Å². The summed E-state index contributed by atoms with van der Waals surface area (Å²) in [5.41, 5.74) is 0. The highest BCUT2D eigenvalue weighted by Gasteiger charge is 2.26. The molecule has 1 aromatic rings. The van der Waals surface area contributed by atoms with Crippen LogP contribution in [-0.2, 0) is 0 Å². The Balaban J connectivity index is 1.52. The van der Waals surface area contributed by atoms with Gasteiger partial charge in [-0.15, -0.1) is 0 Å². The van der Waals surface area contributed by atoms with Gasteiger partial charge in [0.05, 0.1) is 6.04 Å². The van der Waals surface area contributed by atoms with Crippen LogP contribution in [0.15, 0.2) is 18.5 Å². The van der Waals surface area contributed by atoms with E-state index in [-0.39, 0.29) is 0 Å². The summed E-state index contributed by atoms with van der Waals surface area (Å²) in [6.07, 6.45) is 11.1. The lowest BCUT2D eigenvalue weighted by Crippen LogP contribution is -2.27. The predicted octanol–water partition coefficient (Wildman–Crippen LogP) is 2.32. The highest BCUT2D eigenvalue weighted by Crippen LogP contribution is 2.28. The van der Waals surface area contributed by atoms with Gasteiger partial charge in [-0.3, -0.25) is 4.68 Å². The maximum absolute atomic E-state index is 4.35. The third-order valence-electron chi connectivity index (χ3n) is 4.14. The van der Waals surface area contributed by atoms with E-state index in [1.807, 2.05) is 12.3 Å². The van der Waals surface area contributed by atoms with Gasteiger partial charge >= 0.3 is 0 Å². The van der Waals surface area contributed by atoms with Gasteiger partial charge in [0, 0.05) is 32.0 Å². The molecule has 0 N–H and O–H groups in total. The third kappa shape index (κ3) is 2.14. The molecular weight excluding hydrogens is 198 g/mol. The average Bonchev–Trinajstić information content (AvgIpc) is 2.99. The Morgan fingerprint density at radius 3 is 2.81 bits per heavy atom. The monoisotopic (exact) mass is 219 g/mol. The molecule has 1 atom stereocenters. The lowest BCUT2D eigenvalue weighted by molar-refractivity contribution is 0.268. The second-order valence-electron chi connectivity index (χ2n) is 5.34. The molecule has 1 aromatic heterocycles. The summed E-state index contributed by atoms with van der Waals surface area (Å²) in [5, 5.41) is 4.35. The van der Waals surface area contributed by atoms with Crippen molar-refractivity contribution in [3.8, 4) is 0 Å². The van der Waals surface area contributed by atoms with Crippen molar-refractivity contribution in [3.63, 3.8) is 0 Å². The highest BCUT2D eigenvalue weighted by molar-refractivity contribution is 4.87. The molecule has 2 aliphatic rings. The Morgan fingerprint density at radius 1 is 1.19 bits per heavy atom. The van der Waals surface area contributed by atoms with Crippen LogP contribution in [0.5, 0.6) is 0 Å². The second kappa shape index (κ2) is 4.58. The maximum atomic E-state index is 4.35. The average molecular weight is 219 g/mol. The third-order valence-corrected chi connectivity index (χ3v) is 4.14.